The molecule has 0 aliphatic rings. The van der Waals surface area contributed by atoms with Gasteiger partial charge < -0.3 is 30.3 Å². The number of nitrogens with zero attached hydrogens (tertiary/aromatic N) is 2. The first-order valence-electron chi connectivity index (χ1n) is 19.1. The average molecular weight is 809 g/mol. The van der Waals surface area contributed by atoms with E-state index in [1.807, 2.05) is 55.1 Å². The summed E-state index contributed by atoms with van der Waals surface area (Å²) in [5.74, 6) is -2.95. The molecule has 0 aromatic heterocycles. The van der Waals surface area contributed by atoms with Crippen LogP contribution < -0.4 is 10.6 Å². The number of rotatable bonds is 24. The fourth-order valence-electron chi connectivity index (χ4n) is 4.86. The van der Waals surface area contributed by atoms with E-state index in [9.17, 15) is 28.8 Å². The number of alkyl carbamates (subject to hydrolysis) is 1. The zero-order valence-electron chi connectivity index (χ0n) is 35.0. The van der Waals surface area contributed by atoms with Crippen molar-refractivity contribution in [1.29, 1.82) is 0 Å². The summed E-state index contributed by atoms with van der Waals surface area (Å²) >= 11 is 0. The summed E-state index contributed by atoms with van der Waals surface area (Å²) in [6.07, 6.45) is 5.08. The standard InChI is InChI=1S/C18H25NO3.C15H19NO3.C11H20N2O4/c1-4-11-19(13-15(3)18(21)22-12-5-2)14-17(20)16-9-7-6-8-10-16;1-3-9-16(10-12(2)15(18)19)11-14(17)13-7-5-4-6-8-13;1-5-6-12-7-8(9(14)15)13-10(16)17-11(2,3)4/h4,6-10,15H,1,5,11-14H2,2-3H3;3-8,12H,1,9-11H2,2H3,(H,18,19);5,8,12H,1,6-7H2,2-4H3,(H,13,16)(H,14,15)/t15-;12-;8-/m000/s1. The van der Waals surface area contributed by atoms with E-state index in [1.165, 1.54) is 0 Å². The van der Waals surface area contributed by atoms with Gasteiger partial charge in [-0.05, 0) is 27.2 Å². The molecule has 1 amide bonds. The quantitative estimate of drug-likeness (QED) is 0.0434. The molecule has 320 valence electrons. The minimum Gasteiger partial charge on any atom is -0.481 e. The molecule has 0 spiro atoms. The number of ketones is 2. The Morgan fingerprint density at radius 3 is 1.59 bits per heavy atom. The first-order valence-corrected chi connectivity index (χ1v) is 19.1. The molecule has 0 fully saturated rings. The third kappa shape index (κ3) is 24.9. The number of carbonyl (C=O) groups is 6. The molecule has 58 heavy (non-hydrogen) atoms. The SMILES string of the molecule is C=CCN(CC(=O)c1ccccc1)C[C@H](C)C(=O)O.C=CCN(CC(=O)c1ccccc1)C[C@H](C)C(=O)OCCC.C=CCNC[C@H](NC(=O)OC(C)(C)C)C(=O)O. The fraction of sp³-hybridized carbons (Fsp3) is 0.455. The summed E-state index contributed by atoms with van der Waals surface area (Å²) in [7, 11) is 0. The van der Waals surface area contributed by atoms with Crippen molar-refractivity contribution in [3.8, 4) is 0 Å². The van der Waals surface area contributed by atoms with E-state index in [-0.39, 0.29) is 43.1 Å². The van der Waals surface area contributed by atoms with E-state index < -0.39 is 35.6 Å². The van der Waals surface area contributed by atoms with Gasteiger partial charge in [-0.1, -0.05) is 99.7 Å². The molecule has 14 heteroatoms. The van der Waals surface area contributed by atoms with Crippen LogP contribution in [0.1, 0.15) is 68.7 Å². The maximum Gasteiger partial charge on any atom is 0.408 e. The van der Waals surface area contributed by atoms with E-state index in [2.05, 4.69) is 30.4 Å². The summed E-state index contributed by atoms with van der Waals surface area (Å²) in [5.41, 5.74) is 0.666. The molecule has 0 radical (unpaired) electrons. The van der Waals surface area contributed by atoms with Gasteiger partial charge in [-0.2, -0.15) is 0 Å². The maximum absolute atomic E-state index is 12.3. The van der Waals surface area contributed by atoms with Crippen LogP contribution in [-0.2, 0) is 23.9 Å². The molecule has 0 heterocycles. The Labute approximate surface area is 344 Å². The van der Waals surface area contributed by atoms with Gasteiger partial charge in [-0.3, -0.25) is 29.0 Å². The highest BCUT2D eigenvalue weighted by molar-refractivity contribution is 5.98. The molecule has 0 saturated carbocycles. The molecule has 0 aliphatic carbocycles. The van der Waals surface area contributed by atoms with Gasteiger partial charge in [0.15, 0.2) is 11.6 Å². The fourth-order valence-corrected chi connectivity index (χ4v) is 4.86. The van der Waals surface area contributed by atoms with Crippen molar-refractivity contribution in [3.05, 3.63) is 110 Å². The molecule has 2 rings (SSSR count). The van der Waals surface area contributed by atoms with Gasteiger partial charge in [-0.25, -0.2) is 9.59 Å². The summed E-state index contributed by atoms with van der Waals surface area (Å²) in [4.78, 5) is 72.9. The molecule has 0 saturated heterocycles. The van der Waals surface area contributed by atoms with Crippen molar-refractivity contribution < 1.29 is 48.5 Å². The second-order valence-electron chi connectivity index (χ2n) is 14.3. The predicted molar refractivity (Wildman–Crippen MR) is 226 cm³/mol. The number of carboxylic acids is 2. The van der Waals surface area contributed by atoms with Crippen molar-refractivity contribution in [2.45, 2.75) is 59.6 Å². The van der Waals surface area contributed by atoms with Gasteiger partial charge in [0.25, 0.3) is 0 Å². The van der Waals surface area contributed by atoms with Crippen molar-refractivity contribution >= 4 is 35.6 Å². The van der Waals surface area contributed by atoms with Crippen LogP contribution in [0.2, 0.25) is 0 Å². The van der Waals surface area contributed by atoms with Crippen molar-refractivity contribution in [1.82, 2.24) is 20.4 Å². The molecule has 0 bridgehead atoms. The summed E-state index contributed by atoms with van der Waals surface area (Å²) < 4.78 is 10.1. The number of nitrogens with one attached hydrogen (secondary N) is 2. The van der Waals surface area contributed by atoms with Crippen LogP contribution in [0.15, 0.2) is 98.6 Å². The lowest BCUT2D eigenvalue weighted by Crippen LogP contribution is -2.48. The van der Waals surface area contributed by atoms with E-state index in [0.29, 0.717) is 50.5 Å². The lowest BCUT2D eigenvalue weighted by atomic mass is 10.1. The smallest absolute Gasteiger partial charge is 0.408 e. The van der Waals surface area contributed by atoms with Gasteiger partial charge in [0.05, 0.1) is 31.5 Å². The highest BCUT2D eigenvalue weighted by atomic mass is 16.6. The van der Waals surface area contributed by atoms with Crippen molar-refractivity contribution in [2.75, 3.05) is 59.0 Å². The molecule has 4 N–H and O–H groups in total. The lowest BCUT2D eigenvalue weighted by molar-refractivity contribution is -0.148. The summed E-state index contributed by atoms with van der Waals surface area (Å²) in [6, 6.07) is 17.1. The number of benzene rings is 2. The second kappa shape index (κ2) is 29.8. The maximum atomic E-state index is 12.3. The number of amides is 1. The van der Waals surface area contributed by atoms with Crippen LogP contribution in [0.4, 0.5) is 4.79 Å². The number of carboxylic acid groups (broad SMARTS) is 2. The molecule has 3 atom stereocenters. The topological polar surface area (TPSA) is 192 Å². The third-order valence-corrected chi connectivity index (χ3v) is 7.66. The number of carbonyl (C=O) groups excluding carboxylic acids is 4. The first kappa shape index (κ1) is 52.6. The molecule has 2 aromatic rings. The molecule has 0 unspecified atom stereocenters. The average Bonchev–Trinajstić information content (AvgIpc) is 3.17. The van der Waals surface area contributed by atoms with Gasteiger partial charge in [0.1, 0.15) is 11.6 Å². The van der Waals surface area contributed by atoms with Crippen LogP contribution >= 0.6 is 0 Å². The van der Waals surface area contributed by atoms with Crippen LogP contribution in [0.25, 0.3) is 0 Å². The van der Waals surface area contributed by atoms with Crippen molar-refractivity contribution in [3.63, 3.8) is 0 Å². The van der Waals surface area contributed by atoms with Crippen LogP contribution in [0.3, 0.4) is 0 Å². The lowest BCUT2D eigenvalue weighted by Gasteiger charge is -2.23. The zero-order valence-corrected chi connectivity index (χ0v) is 35.0. The van der Waals surface area contributed by atoms with E-state index in [4.69, 9.17) is 19.7 Å². The number of aliphatic carboxylic acids is 2. The van der Waals surface area contributed by atoms with Crippen LogP contribution in [-0.4, -0.2) is 126 Å². The largest absolute Gasteiger partial charge is 0.481 e. The summed E-state index contributed by atoms with van der Waals surface area (Å²) in [6.45, 7) is 24.7. The number of esters is 1. The molecular weight excluding hydrogens is 745 g/mol. The number of ether oxygens (including phenoxy) is 2. The molecular formula is C44H64N4O10. The Hall–Kier alpha value is -5.44. The number of Topliss-reactive ketones (excluding diaryl/α,β-unsaturated/α-hetero) is 2. The van der Waals surface area contributed by atoms with Gasteiger partial charge in [0, 0.05) is 50.4 Å². The Bertz CT molecular complexity index is 1580. The first-order chi connectivity index (χ1) is 27.4. The minimum atomic E-state index is -1.12. The summed E-state index contributed by atoms with van der Waals surface area (Å²) in [5, 5.41) is 22.9. The molecule has 14 nitrogen and oxygen atoms in total. The Kier molecular flexibility index (Phi) is 27.0. The Balaban J connectivity index is 0.000000848. The van der Waals surface area contributed by atoms with Crippen LogP contribution in [0, 0.1) is 11.8 Å². The van der Waals surface area contributed by atoms with E-state index >= 15 is 0 Å². The number of hydrogen-bond acceptors (Lipinski definition) is 11. The second-order valence-corrected chi connectivity index (χ2v) is 14.3. The number of hydrogen-bond donors (Lipinski definition) is 4. The molecule has 2 aromatic carbocycles. The third-order valence-electron chi connectivity index (χ3n) is 7.66. The molecule has 0 aliphatic heterocycles. The minimum absolute atomic E-state index is 0.0139. The monoisotopic (exact) mass is 808 g/mol. The normalized spacial score (nSPS) is 12.2. The Morgan fingerprint density at radius 2 is 1.21 bits per heavy atom. The van der Waals surface area contributed by atoms with Gasteiger partial charge >= 0.3 is 24.0 Å². The van der Waals surface area contributed by atoms with Crippen LogP contribution in [0.5, 0.6) is 0 Å². The van der Waals surface area contributed by atoms with E-state index in [0.717, 1.165) is 6.42 Å². The highest BCUT2D eigenvalue weighted by Crippen LogP contribution is 2.09. The van der Waals surface area contributed by atoms with Gasteiger partial charge in [0.2, 0.25) is 0 Å². The Morgan fingerprint density at radius 1 is 0.741 bits per heavy atom. The highest BCUT2D eigenvalue weighted by Gasteiger charge is 2.24. The van der Waals surface area contributed by atoms with Gasteiger partial charge in [-0.15, -0.1) is 19.7 Å². The zero-order chi connectivity index (χ0) is 44.1. The van der Waals surface area contributed by atoms with Crippen molar-refractivity contribution in [2.24, 2.45) is 11.8 Å². The predicted octanol–water partition coefficient (Wildman–Crippen LogP) is 5.76. The van der Waals surface area contributed by atoms with E-state index in [1.54, 1.807) is 75.1 Å².